The minimum absolute atomic E-state index is 0.650. The average Bonchev–Trinajstić information content (AvgIpc) is 2.49. The van der Waals surface area contributed by atoms with E-state index in [-0.39, 0.29) is 0 Å². The molecule has 0 saturated carbocycles. The van der Waals surface area contributed by atoms with Crippen molar-refractivity contribution in [3.63, 3.8) is 0 Å². The fourth-order valence-corrected chi connectivity index (χ4v) is 1.42. The summed E-state index contributed by atoms with van der Waals surface area (Å²) >= 11 is 0. The van der Waals surface area contributed by atoms with E-state index in [1.165, 1.54) is 0 Å². The van der Waals surface area contributed by atoms with Gasteiger partial charge in [0.15, 0.2) is 0 Å². The lowest BCUT2D eigenvalue weighted by molar-refractivity contribution is 0.636. The van der Waals surface area contributed by atoms with Gasteiger partial charge in [0.05, 0.1) is 17.9 Å². The van der Waals surface area contributed by atoms with Crippen LogP contribution in [0.25, 0.3) is 10.9 Å². The maximum atomic E-state index is 4.35. The lowest BCUT2D eigenvalue weighted by atomic mass is 10.1. The molecule has 68 valence electrons. The fraction of sp³-hybridized carbons (Fsp3) is 0.400. The Bertz CT molecular complexity index is 403. The molecule has 0 fully saturated rings. The SMILES string of the molecule is CC(C)Cc1cc2cn[nH]c2cn1. The van der Waals surface area contributed by atoms with Gasteiger partial charge in [0.1, 0.15) is 0 Å². The highest BCUT2D eigenvalue weighted by Crippen LogP contribution is 2.12. The molecule has 0 spiro atoms. The molecule has 2 rings (SSSR count). The zero-order chi connectivity index (χ0) is 9.26. The van der Waals surface area contributed by atoms with E-state index >= 15 is 0 Å². The lowest BCUT2D eigenvalue weighted by Crippen LogP contribution is -1.96. The van der Waals surface area contributed by atoms with Crippen molar-refractivity contribution in [2.24, 2.45) is 5.92 Å². The van der Waals surface area contributed by atoms with Gasteiger partial charge in [0, 0.05) is 11.1 Å². The number of nitrogens with zero attached hydrogens (tertiary/aromatic N) is 2. The second-order valence-electron chi connectivity index (χ2n) is 3.73. The molecule has 0 amide bonds. The van der Waals surface area contributed by atoms with Gasteiger partial charge < -0.3 is 0 Å². The highest BCUT2D eigenvalue weighted by atomic mass is 15.1. The molecule has 0 atom stereocenters. The first-order valence-corrected chi connectivity index (χ1v) is 4.53. The molecule has 0 unspecified atom stereocenters. The van der Waals surface area contributed by atoms with E-state index in [4.69, 9.17) is 0 Å². The predicted octanol–water partition coefficient (Wildman–Crippen LogP) is 2.16. The molecule has 0 bridgehead atoms. The Kier molecular flexibility index (Phi) is 2.00. The van der Waals surface area contributed by atoms with Crippen LogP contribution in [0.4, 0.5) is 0 Å². The van der Waals surface area contributed by atoms with E-state index in [1.54, 1.807) is 0 Å². The Labute approximate surface area is 77.2 Å². The number of nitrogens with one attached hydrogen (secondary N) is 1. The Balaban J connectivity index is 2.37. The maximum absolute atomic E-state index is 4.35. The minimum atomic E-state index is 0.650. The van der Waals surface area contributed by atoms with Gasteiger partial charge in [-0.05, 0) is 18.4 Å². The molecular formula is C10H13N3. The number of hydrogen-bond donors (Lipinski definition) is 1. The van der Waals surface area contributed by atoms with Crippen LogP contribution in [0.5, 0.6) is 0 Å². The standard InChI is InChI=1S/C10H13N3/c1-7(2)3-9-4-8-5-12-13-10(8)6-11-9/h4-7H,3H2,1-2H3,(H,12,13). The van der Waals surface area contributed by atoms with Crippen molar-refractivity contribution < 1.29 is 0 Å². The first-order chi connectivity index (χ1) is 6.25. The van der Waals surface area contributed by atoms with Gasteiger partial charge in [-0.3, -0.25) is 10.1 Å². The van der Waals surface area contributed by atoms with Crippen LogP contribution in [0.2, 0.25) is 0 Å². The first-order valence-electron chi connectivity index (χ1n) is 4.53. The Morgan fingerprint density at radius 2 is 2.23 bits per heavy atom. The van der Waals surface area contributed by atoms with Gasteiger partial charge >= 0.3 is 0 Å². The number of hydrogen-bond acceptors (Lipinski definition) is 2. The second kappa shape index (κ2) is 3.17. The zero-order valence-electron chi connectivity index (χ0n) is 7.91. The third kappa shape index (κ3) is 1.69. The summed E-state index contributed by atoms with van der Waals surface area (Å²) in [6.45, 7) is 4.39. The Morgan fingerprint density at radius 1 is 1.38 bits per heavy atom. The average molecular weight is 175 g/mol. The normalized spacial score (nSPS) is 11.3. The Morgan fingerprint density at radius 3 is 3.00 bits per heavy atom. The van der Waals surface area contributed by atoms with Crippen LogP contribution in [0.15, 0.2) is 18.5 Å². The monoisotopic (exact) mass is 175 g/mol. The quantitative estimate of drug-likeness (QED) is 0.759. The van der Waals surface area contributed by atoms with E-state index < -0.39 is 0 Å². The smallest absolute Gasteiger partial charge is 0.0833 e. The fourth-order valence-electron chi connectivity index (χ4n) is 1.42. The topological polar surface area (TPSA) is 41.6 Å². The summed E-state index contributed by atoms with van der Waals surface area (Å²) in [6.07, 6.45) is 4.71. The van der Waals surface area contributed by atoms with E-state index in [2.05, 4.69) is 35.1 Å². The van der Waals surface area contributed by atoms with Crippen molar-refractivity contribution in [2.45, 2.75) is 20.3 Å². The van der Waals surface area contributed by atoms with Gasteiger partial charge in [-0.15, -0.1) is 0 Å². The zero-order valence-corrected chi connectivity index (χ0v) is 7.91. The van der Waals surface area contributed by atoms with Crippen molar-refractivity contribution in [3.8, 4) is 0 Å². The van der Waals surface area contributed by atoms with Crippen molar-refractivity contribution >= 4 is 10.9 Å². The van der Waals surface area contributed by atoms with Crippen LogP contribution in [0, 0.1) is 5.92 Å². The van der Waals surface area contributed by atoms with Gasteiger partial charge in [-0.1, -0.05) is 13.8 Å². The van der Waals surface area contributed by atoms with Crippen molar-refractivity contribution in [1.82, 2.24) is 15.2 Å². The van der Waals surface area contributed by atoms with Crippen LogP contribution in [0.1, 0.15) is 19.5 Å². The van der Waals surface area contributed by atoms with Crippen LogP contribution in [-0.2, 0) is 6.42 Å². The molecule has 1 N–H and O–H groups in total. The number of aromatic nitrogens is 3. The largest absolute Gasteiger partial charge is 0.276 e. The summed E-state index contributed by atoms with van der Waals surface area (Å²) in [5.41, 5.74) is 2.15. The third-order valence-corrected chi connectivity index (χ3v) is 2.00. The summed E-state index contributed by atoms with van der Waals surface area (Å²) < 4.78 is 0. The molecule has 0 aliphatic carbocycles. The van der Waals surface area contributed by atoms with Crippen LogP contribution < -0.4 is 0 Å². The van der Waals surface area contributed by atoms with Crippen LogP contribution in [0.3, 0.4) is 0 Å². The molecule has 0 aliphatic heterocycles. The number of H-pyrrole nitrogens is 1. The molecule has 3 nitrogen and oxygen atoms in total. The highest BCUT2D eigenvalue weighted by Gasteiger charge is 2.01. The lowest BCUT2D eigenvalue weighted by Gasteiger charge is -2.02. The van der Waals surface area contributed by atoms with Gasteiger partial charge in [0.2, 0.25) is 0 Å². The summed E-state index contributed by atoms with van der Waals surface area (Å²) in [5, 5.41) is 7.99. The molecule has 2 aromatic heterocycles. The molecule has 2 heterocycles. The highest BCUT2D eigenvalue weighted by molar-refractivity contribution is 5.76. The molecule has 0 radical (unpaired) electrons. The molecule has 0 aromatic carbocycles. The van der Waals surface area contributed by atoms with E-state index in [0.29, 0.717) is 5.92 Å². The third-order valence-electron chi connectivity index (χ3n) is 2.00. The summed E-state index contributed by atoms with van der Waals surface area (Å²) in [7, 11) is 0. The number of aromatic amines is 1. The van der Waals surface area contributed by atoms with Gasteiger partial charge in [-0.25, -0.2) is 0 Å². The number of pyridine rings is 1. The maximum Gasteiger partial charge on any atom is 0.0833 e. The first kappa shape index (κ1) is 8.23. The molecule has 13 heavy (non-hydrogen) atoms. The van der Waals surface area contributed by atoms with Gasteiger partial charge in [0.25, 0.3) is 0 Å². The Hall–Kier alpha value is -1.38. The predicted molar refractivity (Wildman–Crippen MR) is 52.4 cm³/mol. The van der Waals surface area contributed by atoms with E-state index in [9.17, 15) is 0 Å². The molecule has 0 saturated heterocycles. The van der Waals surface area contributed by atoms with Gasteiger partial charge in [-0.2, -0.15) is 5.10 Å². The van der Waals surface area contributed by atoms with Crippen LogP contribution in [-0.4, -0.2) is 15.2 Å². The van der Waals surface area contributed by atoms with E-state index in [1.807, 2.05) is 12.4 Å². The van der Waals surface area contributed by atoms with Crippen LogP contribution >= 0.6 is 0 Å². The summed E-state index contributed by atoms with van der Waals surface area (Å²) in [6, 6.07) is 2.10. The molecule has 2 aromatic rings. The molecule has 0 aliphatic rings. The second-order valence-corrected chi connectivity index (χ2v) is 3.73. The van der Waals surface area contributed by atoms with Crippen molar-refractivity contribution in [2.75, 3.05) is 0 Å². The van der Waals surface area contributed by atoms with E-state index in [0.717, 1.165) is 23.0 Å². The van der Waals surface area contributed by atoms with Crippen molar-refractivity contribution in [1.29, 1.82) is 0 Å². The summed E-state index contributed by atoms with van der Waals surface area (Å²) in [5.74, 6) is 0.650. The molecule has 3 heteroatoms. The number of fused-ring (bicyclic) bond motifs is 1. The van der Waals surface area contributed by atoms with Crippen molar-refractivity contribution in [3.05, 3.63) is 24.2 Å². The number of rotatable bonds is 2. The molecular weight excluding hydrogens is 162 g/mol. The summed E-state index contributed by atoms with van der Waals surface area (Å²) in [4.78, 5) is 4.35. The minimum Gasteiger partial charge on any atom is -0.276 e.